The quantitative estimate of drug-likeness (QED) is 0.522. The van der Waals surface area contributed by atoms with Gasteiger partial charge in [0.05, 0.1) is 0 Å². The van der Waals surface area contributed by atoms with Crippen LogP contribution in [-0.2, 0) is 0 Å². The van der Waals surface area contributed by atoms with Crippen molar-refractivity contribution in [3.8, 4) is 11.5 Å². The van der Waals surface area contributed by atoms with Crippen molar-refractivity contribution in [1.82, 2.24) is 0 Å². The smallest absolute Gasteiger partial charge is 0.379 e. The molecule has 2 aromatic rings. The fourth-order valence-electron chi connectivity index (χ4n) is 1.70. The summed E-state index contributed by atoms with van der Waals surface area (Å²) < 4.78 is 9.64. The van der Waals surface area contributed by atoms with E-state index in [-0.39, 0.29) is 5.78 Å². The lowest BCUT2D eigenvalue weighted by atomic mass is 10.0. The van der Waals surface area contributed by atoms with Crippen molar-refractivity contribution in [2.75, 3.05) is 0 Å². The number of halogens is 2. The van der Waals surface area contributed by atoms with E-state index in [0.29, 0.717) is 22.6 Å². The molecule has 2 aromatic carbocycles. The second-order valence-electron chi connectivity index (χ2n) is 4.06. The molecule has 112 valence electrons. The van der Waals surface area contributed by atoms with Gasteiger partial charge in [-0.25, -0.2) is 9.59 Å². The maximum atomic E-state index is 12.3. The molecule has 0 unspecified atom stereocenters. The van der Waals surface area contributed by atoms with E-state index in [2.05, 4.69) is 31.9 Å². The summed E-state index contributed by atoms with van der Waals surface area (Å²) in [6.07, 6.45) is 0. The average molecular weight is 428 g/mol. The molecule has 0 aliphatic rings. The van der Waals surface area contributed by atoms with Crippen LogP contribution in [0.5, 0.6) is 11.5 Å². The predicted molar refractivity (Wildman–Crippen MR) is 86.2 cm³/mol. The zero-order chi connectivity index (χ0) is 16.1. The molecule has 0 N–H and O–H groups in total. The summed E-state index contributed by atoms with van der Waals surface area (Å²) in [5.41, 5.74) is 0.888. The lowest BCUT2D eigenvalue weighted by Gasteiger charge is -2.04. The fraction of sp³-hybridized carbons (Fsp3) is 0. The first-order chi connectivity index (χ1) is 10.5. The number of hydrogen-bond acceptors (Lipinski definition) is 5. The van der Waals surface area contributed by atoms with Crippen LogP contribution in [0.25, 0.3) is 0 Å². The molecule has 0 spiro atoms. The molecule has 0 saturated carbocycles. The predicted octanol–water partition coefficient (Wildman–Crippen LogP) is 4.71. The van der Waals surface area contributed by atoms with E-state index in [9.17, 15) is 14.4 Å². The Bertz CT molecular complexity index is 646. The van der Waals surface area contributed by atoms with Gasteiger partial charge in [-0.05, 0) is 48.5 Å². The molecule has 0 radical (unpaired) electrons. The van der Waals surface area contributed by atoms with Gasteiger partial charge in [0, 0.05) is 43.0 Å². The van der Waals surface area contributed by atoms with Gasteiger partial charge in [0.25, 0.3) is 0 Å². The first kappa shape index (κ1) is 16.4. The van der Waals surface area contributed by atoms with E-state index in [1.807, 2.05) is 0 Å². The van der Waals surface area contributed by atoms with Crippen LogP contribution in [0.4, 0.5) is 9.59 Å². The zero-order valence-electron chi connectivity index (χ0n) is 10.9. The lowest BCUT2D eigenvalue weighted by molar-refractivity contribution is 0.103. The molecule has 0 amide bonds. The molecule has 5 nitrogen and oxygen atoms in total. The van der Waals surface area contributed by atoms with Crippen LogP contribution in [0.15, 0.2) is 48.5 Å². The highest BCUT2D eigenvalue weighted by Crippen LogP contribution is 2.19. The molecule has 0 heterocycles. The van der Waals surface area contributed by atoms with Crippen molar-refractivity contribution in [1.29, 1.82) is 0 Å². The maximum absolute atomic E-state index is 12.3. The summed E-state index contributed by atoms with van der Waals surface area (Å²) >= 11 is 5.30. The molecule has 0 bridgehead atoms. The summed E-state index contributed by atoms with van der Waals surface area (Å²) in [7, 11) is 0. The van der Waals surface area contributed by atoms with Crippen LogP contribution in [0.3, 0.4) is 0 Å². The Labute approximate surface area is 142 Å². The highest BCUT2D eigenvalue weighted by atomic mass is 79.9. The first-order valence-electron chi connectivity index (χ1n) is 5.95. The van der Waals surface area contributed by atoms with Gasteiger partial charge in [0.1, 0.15) is 11.5 Å². The van der Waals surface area contributed by atoms with Gasteiger partial charge >= 0.3 is 9.76 Å². The van der Waals surface area contributed by atoms with E-state index >= 15 is 0 Å². The number of ketones is 1. The molecular formula is C15H8Br2O5. The number of ether oxygens (including phenoxy) is 2. The Morgan fingerprint density at radius 1 is 0.636 bits per heavy atom. The van der Waals surface area contributed by atoms with Crippen molar-refractivity contribution in [3.05, 3.63) is 59.7 Å². The van der Waals surface area contributed by atoms with E-state index in [0.717, 1.165) is 0 Å². The summed E-state index contributed by atoms with van der Waals surface area (Å²) in [5.74, 6) is 0.462. The number of carbonyl (C=O) groups excluding carboxylic acids is 3. The molecule has 0 atom stereocenters. The van der Waals surface area contributed by atoms with Gasteiger partial charge in [-0.3, -0.25) is 4.79 Å². The third-order valence-corrected chi connectivity index (χ3v) is 2.95. The fourth-order valence-corrected chi connectivity index (χ4v) is 2.07. The van der Waals surface area contributed by atoms with E-state index in [1.165, 1.54) is 24.3 Å². The molecule has 2 rings (SSSR count). The van der Waals surface area contributed by atoms with Gasteiger partial charge < -0.3 is 9.47 Å². The monoisotopic (exact) mass is 426 g/mol. The van der Waals surface area contributed by atoms with E-state index in [4.69, 9.17) is 9.47 Å². The van der Waals surface area contributed by atoms with Crippen molar-refractivity contribution >= 4 is 47.4 Å². The molecule has 0 fully saturated rings. The van der Waals surface area contributed by atoms with Gasteiger partial charge in [-0.2, -0.15) is 0 Å². The SMILES string of the molecule is O=C(Br)Oc1ccc(C(=O)c2ccc(OC(=O)Br)cc2)cc1. The lowest BCUT2D eigenvalue weighted by Crippen LogP contribution is -2.02. The van der Waals surface area contributed by atoms with Crippen LogP contribution in [-0.4, -0.2) is 15.5 Å². The average Bonchev–Trinajstić information content (AvgIpc) is 2.47. The molecule has 0 aliphatic carbocycles. The Balaban J connectivity index is 2.13. The molecule has 0 aliphatic heterocycles. The highest BCUT2D eigenvalue weighted by Gasteiger charge is 2.10. The van der Waals surface area contributed by atoms with Crippen molar-refractivity contribution in [3.63, 3.8) is 0 Å². The number of carbonyl (C=O) groups is 3. The van der Waals surface area contributed by atoms with Gasteiger partial charge in [0.15, 0.2) is 5.78 Å². The minimum Gasteiger partial charge on any atom is -0.418 e. The summed E-state index contributed by atoms with van der Waals surface area (Å²) in [5, 5.41) is 0. The summed E-state index contributed by atoms with van der Waals surface area (Å²) in [4.78, 5) is 32.6. The van der Waals surface area contributed by atoms with Crippen LogP contribution in [0.2, 0.25) is 0 Å². The van der Waals surface area contributed by atoms with E-state index in [1.54, 1.807) is 24.3 Å². The second kappa shape index (κ2) is 7.33. The van der Waals surface area contributed by atoms with E-state index < -0.39 is 9.76 Å². The first-order valence-corrected chi connectivity index (χ1v) is 7.54. The van der Waals surface area contributed by atoms with Gasteiger partial charge in [0.2, 0.25) is 0 Å². The zero-order valence-corrected chi connectivity index (χ0v) is 14.1. The third-order valence-electron chi connectivity index (χ3n) is 2.63. The Morgan fingerprint density at radius 2 is 0.955 bits per heavy atom. The topological polar surface area (TPSA) is 69.7 Å². The minimum absolute atomic E-state index is 0.201. The number of rotatable bonds is 4. The molecule has 7 heteroatoms. The van der Waals surface area contributed by atoms with Crippen LogP contribution in [0, 0.1) is 0 Å². The molecular weight excluding hydrogens is 420 g/mol. The Kier molecular flexibility index (Phi) is 5.46. The van der Waals surface area contributed by atoms with Crippen LogP contribution in [0.1, 0.15) is 15.9 Å². The number of benzene rings is 2. The summed E-state index contributed by atoms with van der Waals surface area (Å²) in [6, 6.07) is 12.3. The van der Waals surface area contributed by atoms with Crippen LogP contribution >= 0.6 is 31.9 Å². The normalized spacial score (nSPS) is 9.91. The molecule has 0 aromatic heterocycles. The summed E-state index contributed by atoms with van der Waals surface area (Å²) in [6.45, 7) is 0. The van der Waals surface area contributed by atoms with Gasteiger partial charge in [-0.15, -0.1) is 0 Å². The third kappa shape index (κ3) is 4.51. The second-order valence-corrected chi connectivity index (χ2v) is 5.35. The van der Waals surface area contributed by atoms with Crippen molar-refractivity contribution in [2.45, 2.75) is 0 Å². The Morgan fingerprint density at radius 3 is 1.23 bits per heavy atom. The maximum Gasteiger partial charge on any atom is 0.379 e. The standard InChI is InChI=1S/C15H8Br2O5/c16-14(19)21-11-5-1-9(2-6-11)13(18)10-3-7-12(8-4-10)22-15(17)20/h1-8H. The van der Waals surface area contributed by atoms with Gasteiger partial charge in [-0.1, -0.05) is 0 Å². The molecule has 0 saturated heterocycles. The van der Waals surface area contributed by atoms with Crippen molar-refractivity contribution < 1.29 is 23.9 Å². The van der Waals surface area contributed by atoms with Crippen molar-refractivity contribution in [2.24, 2.45) is 0 Å². The Hall–Kier alpha value is -1.99. The van der Waals surface area contributed by atoms with Crippen LogP contribution < -0.4 is 9.47 Å². The highest BCUT2D eigenvalue weighted by molar-refractivity contribution is 9.18. The number of hydrogen-bond donors (Lipinski definition) is 0. The molecule has 22 heavy (non-hydrogen) atoms. The largest absolute Gasteiger partial charge is 0.418 e. The minimum atomic E-state index is -0.608.